The van der Waals surface area contributed by atoms with E-state index in [1.54, 1.807) is 0 Å². The van der Waals surface area contributed by atoms with Crippen molar-refractivity contribution in [3.05, 3.63) is 49.6 Å². The van der Waals surface area contributed by atoms with Crippen molar-refractivity contribution in [2.75, 3.05) is 14.2 Å². The average molecular weight is 439 g/mol. The van der Waals surface area contributed by atoms with E-state index in [1.807, 2.05) is 12.1 Å². The number of esters is 1. The second-order valence-electron chi connectivity index (χ2n) is 4.60. The lowest BCUT2D eigenvalue weighted by Gasteiger charge is -2.17. The molecule has 0 unspecified atom stereocenters. The number of hydrogen-bond donors (Lipinski definition) is 0. The number of hydrogen-bond acceptors (Lipinski definition) is 5. The first-order chi connectivity index (χ1) is 10.8. The Morgan fingerprint density at radius 1 is 1.35 bits per heavy atom. The molecule has 0 atom stereocenters. The summed E-state index contributed by atoms with van der Waals surface area (Å²) in [5.41, 5.74) is 0.128. The third-order valence-corrected chi connectivity index (χ3v) is 6.94. The first-order valence-electron chi connectivity index (χ1n) is 6.34. The summed E-state index contributed by atoms with van der Waals surface area (Å²) in [5, 5.41) is 0.0527. The molecule has 0 aliphatic carbocycles. The predicted octanol–water partition coefficient (Wildman–Crippen LogP) is 3.77. The molecule has 9 heteroatoms. The fraction of sp³-hybridized carbons (Fsp3) is 0.214. The van der Waals surface area contributed by atoms with Crippen molar-refractivity contribution in [3.8, 4) is 0 Å². The number of methoxy groups -OCH3 is 1. The fourth-order valence-electron chi connectivity index (χ4n) is 1.85. The van der Waals surface area contributed by atoms with Gasteiger partial charge in [0.1, 0.15) is 4.90 Å². The van der Waals surface area contributed by atoms with Gasteiger partial charge in [0.25, 0.3) is 0 Å². The maximum Gasteiger partial charge on any atom is 0.337 e. The van der Waals surface area contributed by atoms with Gasteiger partial charge in [0, 0.05) is 18.5 Å². The minimum atomic E-state index is -3.84. The van der Waals surface area contributed by atoms with Gasteiger partial charge in [0.2, 0.25) is 10.0 Å². The number of thiophene rings is 1. The summed E-state index contributed by atoms with van der Waals surface area (Å²) < 4.78 is 32.1. The van der Waals surface area contributed by atoms with Gasteiger partial charge in [-0.1, -0.05) is 11.6 Å². The van der Waals surface area contributed by atoms with E-state index < -0.39 is 16.0 Å². The molecule has 0 saturated heterocycles. The largest absolute Gasteiger partial charge is 0.465 e. The van der Waals surface area contributed by atoms with Crippen molar-refractivity contribution in [3.63, 3.8) is 0 Å². The van der Waals surface area contributed by atoms with Crippen LogP contribution in [0, 0.1) is 0 Å². The number of ether oxygens (including phenoxy) is 1. The molecule has 23 heavy (non-hydrogen) atoms. The second kappa shape index (κ2) is 7.31. The molecule has 0 aliphatic rings. The summed E-state index contributed by atoms with van der Waals surface area (Å²) in [4.78, 5) is 12.3. The van der Waals surface area contributed by atoms with Gasteiger partial charge in [0.05, 0.1) is 21.5 Å². The third-order valence-electron chi connectivity index (χ3n) is 3.05. The third kappa shape index (κ3) is 4.13. The summed E-state index contributed by atoms with van der Waals surface area (Å²) in [6, 6.07) is 7.71. The SMILES string of the molecule is COC(=O)c1ccc(Cl)c(S(=O)(=O)N(C)Cc2ccc(Br)s2)c1. The molecule has 1 aromatic carbocycles. The van der Waals surface area contributed by atoms with Crippen molar-refractivity contribution >= 4 is 54.9 Å². The van der Waals surface area contributed by atoms with Crippen LogP contribution in [0.25, 0.3) is 0 Å². The van der Waals surface area contributed by atoms with Crippen molar-refractivity contribution in [2.24, 2.45) is 0 Å². The van der Waals surface area contributed by atoms with Crippen LogP contribution in [0.15, 0.2) is 39.0 Å². The van der Waals surface area contributed by atoms with Crippen LogP contribution in [0.5, 0.6) is 0 Å². The lowest BCUT2D eigenvalue weighted by atomic mass is 10.2. The molecule has 1 aromatic heterocycles. The van der Waals surface area contributed by atoms with Gasteiger partial charge in [-0.2, -0.15) is 4.31 Å². The van der Waals surface area contributed by atoms with Gasteiger partial charge in [0.15, 0.2) is 0 Å². The van der Waals surface area contributed by atoms with Crippen molar-refractivity contribution in [2.45, 2.75) is 11.4 Å². The minimum Gasteiger partial charge on any atom is -0.465 e. The van der Waals surface area contributed by atoms with Crippen molar-refractivity contribution in [1.82, 2.24) is 4.31 Å². The summed E-state index contributed by atoms with van der Waals surface area (Å²) in [6.45, 7) is 0.206. The van der Waals surface area contributed by atoms with Crippen LogP contribution in [-0.2, 0) is 21.3 Å². The standard InChI is InChI=1S/C14H13BrClNO4S2/c1-17(8-10-4-6-13(15)22-10)23(19,20)12-7-9(14(18)21-2)3-5-11(12)16/h3-7H,8H2,1-2H3. The molecule has 0 bridgehead atoms. The fourth-order valence-corrected chi connectivity index (χ4v) is 5.12. The van der Waals surface area contributed by atoms with Gasteiger partial charge < -0.3 is 4.74 Å². The van der Waals surface area contributed by atoms with Gasteiger partial charge in [-0.3, -0.25) is 0 Å². The highest BCUT2D eigenvalue weighted by atomic mass is 79.9. The van der Waals surface area contributed by atoms with Gasteiger partial charge in [-0.05, 0) is 46.3 Å². The highest BCUT2D eigenvalue weighted by Crippen LogP contribution is 2.28. The summed E-state index contributed by atoms with van der Waals surface area (Å²) in [5.74, 6) is -0.622. The molecule has 0 fully saturated rings. The molecular weight excluding hydrogens is 426 g/mol. The van der Waals surface area contributed by atoms with Crippen LogP contribution >= 0.6 is 38.9 Å². The van der Waals surface area contributed by atoms with Crippen LogP contribution in [0.3, 0.4) is 0 Å². The Bertz CT molecular complexity index is 835. The number of rotatable bonds is 5. The molecule has 0 radical (unpaired) electrons. The maximum absolute atomic E-state index is 12.7. The number of benzene rings is 1. The molecular formula is C14H13BrClNO4S2. The maximum atomic E-state index is 12.7. The minimum absolute atomic E-state index is 0.0527. The molecule has 1 heterocycles. The van der Waals surface area contributed by atoms with E-state index in [9.17, 15) is 13.2 Å². The molecule has 124 valence electrons. The average Bonchev–Trinajstić information content (AvgIpc) is 2.91. The molecule has 0 N–H and O–H groups in total. The number of sulfonamides is 1. The van der Waals surface area contributed by atoms with E-state index in [0.717, 1.165) is 8.66 Å². The number of carbonyl (C=O) groups is 1. The highest BCUT2D eigenvalue weighted by molar-refractivity contribution is 9.11. The van der Waals surface area contributed by atoms with Crippen LogP contribution < -0.4 is 0 Å². The summed E-state index contributed by atoms with van der Waals surface area (Å²) >= 11 is 10.8. The number of nitrogens with zero attached hydrogens (tertiary/aromatic N) is 1. The highest BCUT2D eigenvalue weighted by Gasteiger charge is 2.25. The Hall–Kier alpha value is -0.930. The zero-order valence-corrected chi connectivity index (χ0v) is 16.2. The van der Waals surface area contributed by atoms with Crippen LogP contribution in [0.1, 0.15) is 15.2 Å². The Kier molecular flexibility index (Phi) is 5.85. The molecule has 0 amide bonds. The zero-order chi connectivity index (χ0) is 17.2. The van der Waals surface area contributed by atoms with Crippen LogP contribution in [-0.4, -0.2) is 32.8 Å². The first-order valence-corrected chi connectivity index (χ1v) is 9.77. The molecule has 2 aromatic rings. The number of carbonyl (C=O) groups excluding carboxylic acids is 1. The van der Waals surface area contributed by atoms with Crippen molar-refractivity contribution in [1.29, 1.82) is 0 Å². The molecule has 0 saturated carbocycles. The Balaban J connectivity index is 2.36. The van der Waals surface area contributed by atoms with Gasteiger partial charge >= 0.3 is 5.97 Å². The first kappa shape index (κ1) is 18.4. The van der Waals surface area contributed by atoms with Crippen LogP contribution in [0.2, 0.25) is 5.02 Å². The molecule has 0 aliphatic heterocycles. The normalized spacial score (nSPS) is 11.7. The van der Waals surface area contributed by atoms with E-state index in [0.29, 0.717) is 0 Å². The smallest absolute Gasteiger partial charge is 0.337 e. The zero-order valence-electron chi connectivity index (χ0n) is 12.2. The lowest BCUT2D eigenvalue weighted by Crippen LogP contribution is -2.26. The van der Waals surface area contributed by atoms with Gasteiger partial charge in [-0.25, -0.2) is 13.2 Å². The quantitative estimate of drug-likeness (QED) is 0.667. The molecule has 5 nitrogen and oxygen atoms in total. The van der Waals surface area contributed by atoms with E-state index in [-0.39, 0.29) is 22.0 Å². The second-order valence-corrected chi connectivity index (χ2v) is 9.57. The monoisotopic (exact) mass is 437 g/mol. The molecule has 2 rings (SSSR count). The van der Waals surface area contributed by atoms with E-state index >= 15 is 0 Å². The van der Waals surface area contributed by atoms with Crippen LogP contribution in [0.4, 0.5) is 0 Å². The lowest BCUT2D eigenvalue weighted by molar-refractivity contribution is 0.0600. The van der Waals surface area contributed by atoms with Gasteiger partial charge in [-0.15, -0.1) is 11.3 Å². The molecule has 0 spiro atoms. The Morgan fingerprint density at radius 2 is 2.04 bits per heavy atom. The number of halogens is 2. The predicted molar refractivity (Wildman–Crippen MR) is 93.5 cm³/mol. The van der Waals surface area contributed by atoms with Crippen molar-refractivity contribution < 1.29 is 17.9 Å². The Morgan fingerprint density at radius 3 is 2.61 bits per heavy atom. The van der Waals surface area contributed by atoms with E-state index in [1.165, 1.54) is 48.0 Å². The van der Waals surface area contributed by atoms with E-state index in [2.05, 4.69) is 20.7 Å². The summed E-state index contributed by atoms with van der Waals surface area (Å²) in [6.07, 6.45) is 0. The topological polar surface area (TPSA) is 63.7 Å². The Labute approximate surface area is 152 Å². The van der Waals surface area contributed by atoms with E-state index in [4.69, 9.17) is 11.6 Å². The summed E-state index contributed by atoms with van der Waals surface area (Å²) in [7, 11) is -1.15.